The van der Waals surface area contributed by atoms with Crippen LogP contribution in [0.1, 0.15) is 31.2 Å². The molecule has 0 spiro atoms. The van der Waals surface area contributed by atoms with Crippen LogP contribution < -0.4 is 20.1 Å². The predicted octanol–water partition coefficient (Wildman–Crippen LogP) is 1.37. The summed E-state index contributed by atoms with van der Waals surface area (Å²) in [6.07, 6.45) is 4.10. The number of nitrogens with zero attached hydrogens (tertiary/aromatic N) is 1. The second-order valence-corrected chi connectivity index (χ2v) is 6.50. The second-order valence-electron chi connectivity index (χ2n) is 6.50. The molecule has 128 valence electrons. The normalized spacial score (nSPS) is 25.0. The number of carbonyl (C=O) groups excluding carboxylic acids is 2. The molecule has 7 nitrogen and oxygen atoms in total. The first kappa shape index (κ1) is 15.1. The summed E-state index contributed by atoms with van der Waals surface area (Å²) >= 11 is 0. The number of ether oxygens (including phenoxy) is 2. The quantitative estimate of drug-likeness (QED) is 0.858. The van der Waals surface area contributed by atoms with E-state index in [1.54, 1.807) is 4.90 Å². The molecular weight excluding hydrogens is 310 g/mol. The number of fused-ring (bicyclic) bond motifs is 2. The number of nitrogens with one attached hydrogen (secondary N) is 2. The third kappa shape index (κ3) is 2.86. The van der Waals surface area contributed by atoms with Crippen molar-refractivity contribution in [2.75, 3.05) is 13.3 Å². The van der Waals surface area contributed by atoms with E-state index >= 15 is 0 Å². The number of carbonyl (C=O) groups is 2. The van der Waals surface area contributed by atoms with Crippen molar-refractivity contribution in [2.45, 2.75) is 44.3 Å². The molecule has 7 heteroatoms. The Morgan fingerprint density at radius 2 is 2.08 bits per heavy atom. The van der Waals surface area contributed by atoms with Crippen LogP contribution in [0.5, 0.6) is 11.5 Å². The van der Waals surface area contributed by atoms with Crippen LogP contribution in [0.15, 0.2) is 18.2 Å². The van der Waals surface area contributed by atoms with Crippen molar-refractivity contribution in [3.8, 4) is 11.5 Å². The van der Waals surface area contributed by atoms with Gasteiger partial charge >= 0.3 is 6.03 Å². The number of urea groups is 1. The highest BCUT2D eigenvalue weighted by Gasteiger charge is 2.38. The number of amides is 3. The van der Waals surface area contributed by atoms with E-state index in [-0.39, 0.29) is 37.4 Å². The zero-order valence-electron chi connectivity index (χ0n) is 13.4. The molecule has 1 aliphatic carbocycles. The predicted molar refractivity (Wildman–Crippen MR) is 85.7 cm³/mol. The highest BCUT2D eigenvalue weighted by atomic mass is 16.7. The summed E-state index contributed by atoms with van der Waals surface area (Å²) < 4.78 is 10.6. The molecule has 2 fully saturated rings. The summed E-state index contributed by atoms with van der Waals surface area (Å²) in [7, 11) is 0. The Morgan fingerprint density at radius 1 is 1.25 bits per heavy atom. The monoisotopic (exact) mass is 331 g/mol. The summed E-state index contributed by atoms with van der Waals surface area (Å²) in [6, 6.07) is 5.63. The van der Waals surface area contributed by atoms with E-state index in [2.05, 4.69) is 10.6 Å². The molecular formula is C17H21N3O4. The second kappa shape index (κ2) is 6.22. The number of rotatable bonds is 2. The van der Waals surface area contributed by atoms with Crippen molar-refractivity contribution in [1.82, 2.24) is 15.5 Å². The van der Waals surface area contributed by atoms with Crippen LogP contribution in [-0.2, 0) is 11.3 Å². The molecule has 0 bridgehead atoms. The van der Waals surface area contributed by atoms with Gasteiger partial charge in [-0.1, -0.05) is 18.9 Å². The van der Waals surface area contributed by atoms with Gasteiger partial charge in [-0.25, -0.2) is 4.79 Å². The van der Waals surface area contributed by atoms with E-state index in [4.69, 9.17) is 9.47 Å². The molecule has 4 rings (SSSR count). The van der Waals surface area contributed by atoms with Gasteiger partial charge in [0.25, 0.3) is 0 Å². The molecule has 1 saturated heterocycles. The lowest BCUT2D eigenvalue weighted by Gasteiger charge is -2.43. The van der Waals surface area contributed by atoms with Gasteiger partial charge in [-0.3, -0.25) is 4.79 Å². The number of benzene rings is 1. The maximum Gasteiger partial charge on any atom is 0.318 e. The van der Waals surface area contributed by atoms with E-state index in [0.29, 0.717) is 12.3 Å². The molecule has 2 N–H and O–H groups in total. The number of hydrogen-bond donors (Lipinski definition) is 2. The van der Waals surface area contributed by atoms with Crippen LogP contribution in [0.25, 0.3) is 0 Å². The molecule has 3 amide bonds. The number of hydrogen-bond acceptors (Lipinski definition) is 4. The SMILES string of the molecule is O=C1CN(C(=O)NCc2ccc3c(c2)OCO3)C2CCCCC2N1. The van der Waals surface area contributed by atoms with Crippen LogP contribution >= 0.6 is 0 Å². The zero-order valence-corrected chi connectivity index (χ0v) is 13.4. The van der Waals surface area contributed by atoms with Crippen LogP contribution in [0.3, 0.4) is 0 Å². The minimum absolute atomic E-state index is 0.0728. The largest absolute Gasteiger partial charge is 0.454 e. The summed E-state index contributed by atoms with van der Waals surface area (Å²) in [6.45, 7) is 0.760. The van der Waals surface area contributed by atoms with Crippen molar-refractivity contribution in [3.05, 3.63) is 23.8 Å². The van der Waals surface area contributed by atoms with Crippen molar-refractivity contribution >= 4 is 11.9 Å². The minimum Gasteiger partial charge on any atom is -0.454 e. The molecule has 2 unspecified atom stereocenters. The van der Waals surface area contributed by atoms with Crippen LogP contribution in [0.4, 0.5) is 4.79 Å². The van der Waals surface area contributed by atoms with Crippen molar-refractivity contribution in [2.24, 2.45) is 0 Å². The average molecular weight is 331 g/mol. The smallest absolute Gasteiger partial charge is 0.318 e. The molecule has 1 aromatic carbocycles. The fourth-order valence-electron chi connectivity index (χ4n) is 3.73. The Kier molecular flexibility index (Phi) is 3.92. The minimum atomic E-state index is -0.181. The van der Waals surface area contributed by atoms with E-state index in [1.165, 1.54) is 0 Å². The molecule has 1 aromatic rings. The highest BCUT2D eigenvalue weighted by Crippen LogP contribution is 2.32. The topological polar surface area (TPSA) is 79.9 Å². The molecule has 2 atom stereocenters. The van der Waals surface area contributed by atoms with Crippen molar-refractivity contribution < 1.29 is 19.1 Å². The van der Waals surface area contributed by atoms with Gasteiger partial charge in [-0.05, 0) is 30.5 Å². The van der Waals surface area contributed by atoms with E-state index in [0.717, 1.165) is 37.0 Å². The molecule has 2 heterocycles. The lowest BCUT2D eigenvalue weighted by atomic mass is 9.87. The van der Waals surface area contributed by atoms with Crippen molar-refractivity contribution in [1.29, 1.82) is 0 Å². The molecule has 1 saturated carbocycles. The third-order valence-electron chi connectivity index (χ3n) is 4.93. The standard InChI is InChI=1S/C17H21N3O4/c21-16-9-20(13-4-2-1-3-12(13)19-16)17(22)18-8-11-5-6-14-15(7-11)24-10-23-14/h5-7,12-13H,1-4,8-10H2,(H,18,22)(H,19,21). The first-order chi connectivity index (χ1) is 11.7. The van der Waals surface area contributed by atoms with Gasteiger partial charge in [0.15, 0.2) is 11.5 Å². The summed E-state index contributed by atoms with van der Waals surface area (Å²) in [4.78, 5) is 26.1. The van der Waals surface area contributed by atoms with Crippen molar-refractivity contribution in [3.63, 3.8) is 0 Å². The molecule has 24 heavy (non-hydrogen) atoms. The lowest BCUT2D eigenvalue weighted by molar-refractivity contribution is -0.126. The first-order valence-electron chi connectivity index (χ1n) is 8.43. The molecule has 0 radical (unpaired) electrons. The summed E-state index contributed by atoms with van der Waals surface area (Å²) in [5.74, 6) is 1.35. The average Bonchev–Trinajstić information content (AvgIpc) is 3.06. The van der Waals surface area contributed by atoms with Gasteiger partial charge in [0.2, 0.25) is 12.7 Å². The Morgan fingerprint density at radius 3 is 3.00 bits per heavy atom. The van der Waals surface area contributed by atoms with Gasteiger partial charge in [-0.2, -0.15) is 0 Å². The van der Waals surface area contributed by atoms with E-state index in [1.807, 2.05) is 18.2 Å². The molecule has 2 aliphatic heterocycles. The summed E-state index contributed by atoms with van der Waals surface area (Å²) in [5, 5.41) is 5.94. The Labute approximate surface area is 140 Å². The van der Waals surface area contributed by atoms with Gasteiger partial charge < -0.3 is 25.0 Å². The fraction of sp³-hybridized carbons (Fsp3) is 0.529. The zero-order chi connectivity index (χ0) is 16.5. The maximum atomic E-state index is 12.6. The Bertz CT molecular complexity index is 663. The Balaban J connectivity index is 1.40. The van der Waals surface area contributed by atoms with E-state index < -0.39 is 0 Å². The van der Waals surface area contributed by atoms with E-state index in [9.17, 15) is 9.59 Å². The Hall–Kier alpha value is -2.44. The fourth-order valence-corrected chi connectivity index (χ4v) is 3.73. The van der Waals surface area contributed by atoms with Gasteiger partial charge in [0.1, 0.15) is 6.54 Å². The number of piperazine rings is 1. The third-order valence-corrected chi connectivity index (χ3v) is 4.93. The van der Waals surface area contributed by atoms with Gasteiger partial charge in [-0.15, -0.1) is 0 Å². The van der Waals surface area contributed by atoms with Crippen LogP contribution in [-0.4, -0.2) is 42.3 Å². The van der Waals surface area contributed by atoms with Crippen LogP contribution in [0, 0.1) is 0 Å². The molecule has 3 aliphatic rings. The van der Waals surface area contributed by atoms with Crippen LogP contribution in [0.2, 0.25) is 0 Å². The molecule has 0 aromatic heterocycles. The van der Waals surface area contributed by atoms with Gasteiger partial charge in [0.05, 0.1) is 6.04 Å². The summed E-state index contributed by atoms with van der Waals surface area (Å²) in [5.41, 5.74) is 0.939. The lowest BCUT2D eigenvalue weighted by Crippen LogP contribution is -2.64. The maximum absolute atomic E-state index is 12.6. The first-order valence-corrected chi connectivity index (χ1v) is 8.43. The highest BCUT2D eigenvalue weighted by molar-refractivity contribution is 5.86. The van der Waals surface area contributed by atoms with Gasteiger partial charge in [0, 0.05) is 12.6 Å².